The molecule has 0 bridgehead atoms. The Bertz CT molecular complexity index is 823. The Hall–Kier alpha value is -2.28. The molecule has 102 valence electrons. The van der Waals surface area contributed by atoms with Gasteiger partial charge < -0.3 is 5.32 Å². The van der Waals surface area contributed by atoms with Crippen LogP contribution in [-0.2, 0) is 6.54 Å². The minimum atomic E-state index is -0.0927. The van der Waals surface area contributed by atoms with Gasteiger partial charge in [0, 0.05) is 7.05 Å². The Morgan fingerprint density at radius 2 is 2.10 bits per heavy atom. The average molecular weight is 287 g/mol. The summed E-state index contributed by atoms with van der Waals surface area (Å²) in [5.74, 6) is 0. The second-order valence-corrected chi connectivity index (χ2v) is 5.39. The Morgan fingerprint density at radius 1 is 1.30 bits per heavy atom. The van der Waals surface area contributed by atoms with Crippen LogP contribution in [0.4, 0.5) is 5.13 Å². The van der Waals surface area contributed by atoms with Crippen molar-refractivity contribution >= 4 is 27.5 Å². The third-order valence-corrected chi connectivity index (χ3v) is 3.91. The van der Waals surface area contributed by atoms with Gasteiger partial charge >= 0.3 is 0 Å². The van der Waals surface area contributed by atoms with Gasteiger partial charge in [-0.25, -0.2) is 4.98 Å². The molecule has 0 atom stereocenters. The minimum Gasteiger partial charge on any atom is -0.363 e. The maximum absolute atomic E-state index is 12.3. The lowest BCUT2D eigenvalue weighted by atomic mass is 10.3. The summed E-state index contributed by atoms with van der Waals surface area (Å²) in [6.07, 6.45) is 0. The maximum atomic E-state index is 12.3. The van der Waals surface area contributed by atoms with Crippen LogP contribution < -0.4 is 10.9 Å². The van der Waals surface area contributed by atoms with Crippen molar-refractivity contribution in [3.63, 3.8) is 0 Å². The second-order valence-electron chi connectivity index (χ2n) is 4.33. The van der Waals surface area contributed by atoms with Gasteiger partial charge in [-0.3, -0.25) is 9.36 Å². The Morgan fingerprint density at radius 3 is 2.85 bits per heavy atom. The SMILES string of the molecule is CNc1nnc(Cn2c(=O)c(C)nc3ccccc32)s1. The summed E-state index contributed by atoms with van der Waals surface area (Å²) in [7, 11) is 1.79. The minimum absolute atomic E-state index is 0.0927. The van der Waals surface area contributed by atoms with E-state index >= 15 is 0 Å². The Balaban J connectivity index is 2.14. The highest BCUT2D eigenvalue weighted by Gasteiger charge is 2.10. The fraction of sp³-hybridized carbons (Fsp3) is 0.231. The molecule has 2 heterocycles. The van der Waals surface area contributed by atoms with Crippen LogP contribution in [0.5, 0.6) is 0 Å². The van der Waals surface area contributed by atoms with Gasteiger partial charge in [0.25, 0.3) is 5.56 Å². The lowest BCUT2D eigenvalue weighted by Crippen LogP contribution is -2.24. The summed E-state index contributed by atoms with van der Waals surface area (Å²) in [5, 5.41) is 12.5. The fourth-order valence-corrected chi connectivity index (χ4v) is 2.71. The largest absolute Gasteiger partial charge is 0.363 e. The van der Waals surface area contributed by atoms with E-state index in [0.717, 1.165) is 21.2 Å². The van der Waals surface area contributed by atoms with E-state index in [9.17, 15) is 4.79 Å². The monoisotopic (exact) mass is 287 g/mol. The summed E-state index contributed by atoms with van der Waals surface area (Å²) >= 11 is 1.44. The number of hydrogen-bond acceptors (Lipinski definition) is 6. The van der Waals surface area contributed by atoms with Crippen molar-refractivity contribution in [3.8, 4) is 0 Å². The number of rotatable bonds is 3. The highest BCUT2D eigenvalue weighted by Crippen LogP contribution is 2.17. The predicted octanol–water partition coefficient (Wildman–Crippen LogP) is 1.65. The standard InChI is InChI=1S/C13H13N5OS/c1-8-12(19)18(7-11-16-17-13(14-2)20-11)10-6-4-3-5-9(10)15-8/h3-6H,7H2,1-2H3,(H,14,17). The first-order valence-electron chi connectivity index (χ1n) is 6.15. The van der Waals surface area contributed by atoms with E-state index in [4.69, 9.17) is 0 Å². The number of hydrogen-bond donors (Lipinski definition) is 1. The van der Waals surface area contributed by atoms with Gasteiger partial charge in [0.1, 0.15) is 10.7 Å². The van der Waals surface area contributed by atoms with Crippen molar-refractivity contribution in [2.45, 2.75) is 13.5 Å². The van der Waals surface area contributed by atoms with Gasteiger partial charge in [-0.1, -0.05) is 23.5 Å². The summed E-state index contributed by atoms with van der Waals surface area (Å²) in [6.45, 7) is 2.13. The van der Waals surface area contributed by atoms with E-state index in [-0.39, 0.29) is 5.56 Å². The van der Waals surface area contributed by atoms with Crippen molar-refractivity contribution < 1.29 is 0 Å². The number of fused-ring (bicyclic) bond motifs is 1. The molecule has 3 aromatic rings. The molecule has 0 aliphatic carbocycles. The molecule has 0 saturated heterocycles. The molecule has 1 aromatic carbocycles. The predicted molar refractivity (Wildman–Crippen MR) is 79.3 cm³/mol. The highest BCUT2D eigenvalue weighted by molar-refractivity contribution is 7.15. The molecule has 0 radical (unpaired) electrons. The van der Waals surface area contributed by atoms with E-state index in [0.29, 0.717) is 12.2 Å². The lowest BCUT2D eigenvalue weighted by Gasteiger charge is -2.08. The fourth-order valence-electron chi connectivity index (χ4n) is 2.03. The van der Waals surface area contributed by atoms with Crippen molar-refractivity contribution in [2.24, 2.45) is 0 Å². The maximum Gasteiger partial charge on any atom is 0.272 e. The van der Waals surface area contributed by atoms with Crippen molar-refractivity contribution in [1.29, 1.82) is 0 Å². The molecule has 20 heavy (non-hydrogen) atoms. The first kappa shape index (κ1) is 12.7. The molecule has 2 aromatic heterocycles. The molecule has 0 fully saturated rings. The smallest absolute Gasteiger partial charge is 0.272 e. The van der Waals surface area contributed by atoms with Crippen molar-refractivity contribution in [3.05, 3.63) is 45.3 Å². The molecule has 0 aliphatic rings. The zero-order valence-electron chi connectivity index (χ0n) is 11.1. The van der Waals surface area contributed by atoms with Gasteiger partial charge in [0.05, 0.1) is 17.6 Å². The molecule has 0 saturated carbocycles. The zero-order chi connectivity index (χ0) is 14.1. The second kappa shape index (κ2) is 5.01. The van der Waals surface area contributed by atoms with Crippen molar-refractivity contribution in [2.75, 3.05) is 12.4 Å². The third-order valence-electron chi connectivity index (χ3n) is 2.99. The lowest BCUT2D eigenvalue weighted by molar-refractivity contribution is 0.760. The molecule has 0 unspecified atom stereocenters. The quantitative estimate of drug-likeness (QED) is 0.793. The van der Waals surface area contributed by atoms with E-state index < -0.39 is 0 Å². The van der Waals surface area contributed by atoms with E-state index in [2.05, 4.69) is 20.5 Å². The van der Waals surface area contributed by atoms with Crippen LogP contribution >= 0.6 is 11.3 Å². The van der Waals surface area contributed by atoms with Gasteiger partial charge in [-0.2, -0.15) is 0 Å². The van der Waals surface area contributed by atoms with E-state index in [1.165, 1.54) is 11.3 Å². The third kappa shape index (κ3) is 2.16. The molecule has 0 aliphatic heterocycles. The molecule has 1 N–H and O–H groups in total. The van der Waals surface area contributed by atoms with Crippen LogP contribution in [-0.4, -0.2) is 26.8 Å². The first-order valence-corrected chi connectivity index (χ1v) is 6.97. The molecule has 6 nitrogen and oxygen atoms in total. The van der Waals surface area contributed by atoms with Gasteiger partial charge in [0.15, 0.2) is 0 Å². The number of para-hydroxylation sites is 2. The zero-order valence-corrected chi connectivity index (χ0v) is 11.9. The highest BCUT2D eigenvalue weighted by atomic mass is 32.1. The number of aromatic nitrogens is 4. The van der Waals surface area contributed by atoms with E-state index in [1.807, 2.05) is 24.3 Å². The number of benzene rings is 1. The van der Waals surface area contributed by atoms with Crippen LogP contribution in [0.1, 0.15) is 10.7 Å². The Kier molecular flexibility index (Phi) is 3.19. The molecule has 7 heteroatoms. The molecular formula is C13H13N5OS. The number of nitrogens with one attached hydrogen (secondary N) is 1. The number of nitrogens with zero attached hydrogens (tertiary/aromatic N) is 4. The van der Waals surface area contributed by atoms with Gasteiger partial charge in [0.2, 0.25) is 5.13 Å². The van der Waals surface area contributed by atoms with Crippen LogP contribution in [0.2, 0.25) is 0 Å². The van der Waals surface area contributed by atoms with Crippen LogP contribution in [0.15, 0.2) is 29.1 Å². The summed E-state index contributed by atoms with van der Waals surface area (Å²) in [5.41, 5.74) is 2.01. The topological polar surface area (TPSA) is 72.7 Å². The van der Waals surface area contributed by atoms with Crippen LogP contribution in [0.25, 0.3) is 11.0 Å². The Labute approximate surface area is 119 Å². The van der Waals surface area contributed by atoms with Gasteiger partial charge in [-0.15, -0.1) is 10.2 Å². The molecule has 0 amide bonds. The summed E-state index contributed by atoms with van der Waals surface area (Å²) < 4.78 is 1.69. The van der Waals surface area contributed by atoms with Gasteiger partial charge in [-0.05, 0) is 19.1 Å². The van der Waals surface area contributed by atoms with Crippen LogP contribution in [0.3, 0.4) is 0 Å². The summed E-state index contributed by atoms with van der Waals surface area (Å²) in [4.78, 5) is 16.6. The van der Waals surface area contributed by atoms with Crippen molar-refractivity contribution in [1.82, 2.24) is 19.7 Å². The normalized spacial score (nSPS) is 10.9. The van der Waals surface area contributed by atoms with Crippen LogP contribution in [0, 0.1) is 6.92 Å². The van der Waals surface area contributed by atoms with E-state index in [1.54, 1.807) is 18.5 Å². The molecule has 3 rings (SSSR count). The molecular weight excluding hydrogens is 274 g/mol. The number of aryl methyl sites for hydroxylation is 1. The molecule has 0 spiro atoms. The number of anilines is 1. The first-order chi connectivity index (χ1) is 9.69. The average Bonchev–Trinajstić information content (AvgIpc) is 2.91. The summed E-state index contributed by atoms with van der Waals surface area (Å²) in [6, 6.07) is 7.60.